The van der Waals surface area contributed by atoms with Gasteiger partial charge in [0.15, 0.2) is 5.82 Å². The van der Waals surface area contributed by atoms with Crippen LogP contribution in [0.5, 0.6) is 0 Å². The largest absolute Gasteiger partial charge is 0.228 e. The molecule has 2 nitrogen and oxygen atoms in total. The first-order chi connectivity index (χ1) is 9.56. The van der Waals surface area contributed by atoms with Gasteiger partial charge in [-0.2, -0.15) is 0 Å². The Balaban J connectivity index is 2.30. The summed E-state index contributed by atoms with van der Waals surface area (Å²) in [5.74, 6) is -3.37. The van der Waals surface area contributed by atoms with Crippen molar-refractivity contribution in [1.82, 2.24) is 9.97 Å². The van der Waals surface area contributed by atoms with E-state index in [1.54, 1.807) is 24.3 Å². The van der Waals surface area contributed by atoms with E-state index < -0.39 is 23.0 Å². The maximum absolute atomic E-state index is 13.7. The molecule has 2 aromatic carbocycles. The minimum absolute atomic E-state index is 0.0775. The smallest absolute Gasteiger partial charge is 0.167 e. The van der Waals surface area contributed by atoms with Crippen molar-refractivity contribution in [1.29, 1.82) is 0 Å². The fourth-order valence-corrected chi connectivity index (χ4v) is 2.15. The Morgan fingerprint density at radius 2 is 1.55 bits per heavy atom. The van der Waals surface area contributed by atoms with Crippen LogP contribution in [-0.4, -0.2) is 9.97 Å². The Labute approximate surface area is 116 Å². The fraction of sp³-hybridized carbons (Fsp3) is 0. The average Bonchev–Trinajstić information content (AvgIpc) is 2.37. The predicted molar refractivity (Wildman–Crippen MR) is 69.9 cm³/mol. The van der Waals surface area contributed by atoms with Crippen molar-refractivity contribution in [3.63, 3.8) is 0 Å². The van der Waals surface area contributed by atoms with Crippen LogP contribution in [0, 0.1) is 17.5 Å². The summed E-state index contributed by atoms with van der Waals surface area (Å²) < 4.78 is 40.4. The molecule has 0 aliphatic heterocycles. The number of fused-ring (bicyclic) bond motifs is 1. The van der Waals surface area contributed by atoms with Crippen LogP contribution in [0.15, 0.2) is 36.4 Å². The molecule has 0 spiro atoms. The number of benzene rings is 2. The van der Waals surface area contributed by atoms with Crippen LogP contribution >= 0.6 is 11.6 Å². The van der Waals surface area contributed by atoms with Gasteiger partial charge in [-0.05, 0) is 12.1 Å². The predicted octanol–water partition coefficient (Wildman–Crippen LogP) is 4.37. The summed E-state index contributed by atoms with van der Waals surface area (Å²) in [4.78, 5) is 7.93. The summed E-state index contributed by atoms with van der Waals surface area (Å²) in [7, 11) is 0. The second-order valence-electron chi connectivity index (χ2n) is 4.10. The summed E-state index contributed by atoms with van der Waals surface area (Å²) in [6, 6.07) is 7.95. The summed E-state index contributed by atoms with van der Waals surface area (Å²) in [6.45, 7) is 0. The standard InChI is InChI=1S/C14H6ClF3N2/c15-13-8-3-1-2-4-11(8)19-14(20-13)12-9(17)5-7(16)6-10(12)18/h1-6H. The highest BCUT2D eigenvalue weighted by Crippen LogP contribution is 2.28. The Hall–Kier alpha value is -2.14. The minimum atomic E-state index is -1.08. The van der Waals surface area contributed by atoms with Crippen LogP contribution in [0.3, 0.4) is 0 Å². The van der Waals surface area contributed by atoms with E-state index in [0.29, 0.717) is 23.0 Å². The molecule has 0 aliphatic rings. The van der Waals surface area contributed by atoms with Crippen LogP contribution in [0.25, 0.3) is 22.3 Å². The fourth-order valence-electron chi connectivity index (χ4n) is 1.91. The number of hydrogen-bond acceptors (Lipinski definition) is 2. The number of nitrogens with zero attached hydrogens (tertiary/aromatic N) is 2. The highest BCUT2D eigenvalue weighted by atomic mass is 35.5. The maximum Gasteiger partial charge on any atom is 0.167 e. The van der Waals surface area contributed by atoms with Gasteiger partial charge < -0.3 is 0 Å². The summed E-state index contributed by atoms with van der Waals surface area (Å²) in [5, 5.41) is 0.648. The monoisotopic (exact) mass is 294 g/mol. The van der Waals surface area contributed by atoms with E-state index >= 15 is 0 Å². The molecule has 0 saturated heterocycles. The van der Waals surface area contributed by atoms with Crippen molar-refractivity contribution in [2.45, 2.75) is 0 Å². The molecule has 0 aliphatic carbocycles. The van der Waals surface area contributed by atoms with Gasteiger partial charge in [-0.15, -0.1) is 0 Å². The molecule has 3 rings (SSSR count). The van der Waals surface area contributed by atoms with E-state index in [9.17, 15) is 13.2 Å². The van der Waals surface area contributed by atoms with Gasteiger partial charge >= 0.3 is 0 Å². The Morgan fingerprint density at radius 1 is 0.900 bits per heavy atom. The zero-order chi connectivity index (χ0) is 14.3. The topological polar surface area (TPSA) is 25.8 Å². The highest BCUT2D eigenvalue weighted by Gasteiger charge is 2.17. The van der Waals surface area contributed by atoms with Gasteiger partial charge in [0.25, 0.3) is 0 Å². The molecule has 0 unspecified atom stereocenters. The van der Waals surface area contributed by atoms with E-state index in [1.807, 2.05) is 0 Å². The van der Waals surface area contributed by atoms with Crippen LogP contribution in [0.1, 0.15) is 0 Å². The van der Waals surface area contributed by atoms with E-state index in [0.717, 1.165) is 0 Å². The lowest BCUT2D eigenvalue weighted by Gasteiger charge is -2.06. The first-order valence-electron chi connectivity index (χ1n) is 5.63. The number of aromatic nitrogens is 2. The van der Waals surface area contributed by atoms with Crippen LogP contribution in [0.4, 0.5) is 13.2 Å². The van der Waals surface area contributed by atoms with Gasteiger partial charge in [0.05, 0.1) is 11.1 Å². The molecule has 0 fully saturated rings. The Bertz CT molecular complexity index is 798. The van der Waals surface area contributed by atoms with E-state index in [-0.39, 0.29) is 11.0 Å². The third-order valence-corrected chi connectivity index (χ3v) is 3.08. The normalized spacial score (nSPS) is 11.0. The molecule has 1 aromatic heterocycles. The van der Waals surface area contributed by atoms with Crippen molar-refractivity contribution in [2.24, 2.45) is 0 Å². The SMILES string of the molecule is Fc1cc(F)c(-c2nc(Cl)c3ccccc3n2)c(F)c1. The average molecular weight is 295 g/mol. The van der Waals surface area contributed by atoms with Gasteiger partial charge in [0.2, 0.25) is 0 Å². The molecule has 6 heteroatoms. The molecule has 0 radical (unpaired) electrons. The molecule has 0 saturated carbocycles. The molecule has 0 bridgehead atoms. The molecule has 1 heterocycles. The third-order valence-electron chi connectivity index (χ3n) is 2.79. The highest BCUT2D eigenvalue weighted by molar-refractivity contribution is 6.34. The van der Waals surface area contributed by atoms with Gasteiger partial charge in [-0.3, -0.25) is 0 Å². The first kappa shape index (κ1) is 12.9. The first-order valence-corrected chi connectivity index (χ1v) is 6.01. The second-order valence-corrected chi connectivity index (χ2v) is 4.46. The number of hydrogen-bond donors (Lipinski definition) is 0. The second kappa shape index (κ2) is 4.76. The lowest BCUT2D eigenvalue weighted by atomic mass is 10.1. The molecule has 100 valence electrons. The molecule has 0 N–H and O–H groups in total. The zero-order valence-corrected chi connectivity index (χ0v) is 10.6. The summed E-state index contributed by atoms with van der Waals surface area (Å²) in [5.41, 5.74) is -0.0512. The van der Waals surface area contributed by atoms with E-state index in [2.05, 4.69) is 9.97 Å². The van der Waals surface area contributed by atoms with Crippen molar-refractivity contribution >= 4 is 22.5 Å². The van der Waals surface area contributed by atoms with Crippen LogP contribution in [0.2, 0.25) is 5.15 Å². The lowest BCUT2D eigenvalue weighted by Crippen LogP contribution is -1.98. The van der Waals surface area contributed by atoms with Crippen molar-refractivity contribution in [3.05, 3.63) is 59.0 Å². The molecule has 0 atom stereocenters. The summed E-state index contributed by atoms with van der Waals surface area (Å²) >= 11 is 5.98. The third kappa shape index (κ3) is 2.10. The number of para-hydroxylation sites is 1. The Morgan fingerprint density at radius 3 is 2.25 bits per heavy atom. The van der Waals surface area contributed by atoms with Gasteiger partial charge in [0.1, 0.15) is 22.6 Å². The maximum atomic E-state index is 13.7. The van der Waals surface area contributed by atoms with Crippen LogP contribution < -0.4 is 0 Å². The molecular weight excluding hydrogens is 289 g/mol. The quantitative estimate of drug-likeness (QED) is 0.623. The van der Waals surface area contributed by atoms with Crippen molar-refractivity contribution in [2.75, 3.05) is 0 Å². The van der Waals surface area contributed by atoms with E-state index in [1.165, 1.54) is 0 Å². The zero-order valence-electron chi connectivity index (χ0n) is 9.87. The van der Waals surface area contributed by atoms with Gasteiger partial charge in [-0.1, -0.05) is 23.7 Å². The van der Waals surface area contributed by atoms with E-state index in [4.69, 9.17) is 11.6 Å². The van der Waals surface area contributed by atoms with Gasteiger partial charge in [0, 0.05) is 17.5 Å². The molecular formula is C14H6ClF3N2. The number of rotatable bonds is 1. The lowest BCUT2D eigenvalue weighted by molar-refractivity contribution is 0.547. The molecule has 0 amide bonds. The van der Waals surface area contributed by atoms with Crippen molar-refractivity contribution in [3.8, 4) is 11.4 Å². The minimum Gasteiger partial charge on any atom is -0.228 e. The Kier molecular flexibility index (Phi) is 3.06. The van der Waals surface area contributed by atoms with Crippen molar-refractivity contribution < 1.29 is 13.2 Å². The summed E-state index contributed by atoms with van der Waals surface area (Å²) in [6.07, 6.45) is 0. The molecule has 20 heavy (non-hydrogen) atoms. The van der Waals surface area contributed by atoms with Crippen LogP contribution in [-0.2, 0) is 0 Å². The van der Waals surface area contributed by atoms with Gasteiger partial charge in [-0.25, -0.2) is 23.1 Å². The number of halogens is 4. The molecule has 3 aromatic rings.